The molecule has 8 heavy (non-hydrogen) atoms. The molecule has 3 heteroatoms. The van der Waals surface area contributed by atoms with Gasteiger partial charge in [0.15, 0.2) is 6.23 Å². The Labute approximate surface area is 53.2 Å². The van der Waals surface area contributed by atoms with Crippen molar-refractivity contribution < 1.29 is 5.11 Å². The first-order valence-electron chi connectivity index (χ1n) is 2.50. The fourth-order valence-corrected chi connectivity index (χ4v) is 1.32. The average molecular weight is 130 g/mol. The van der Waals surface area contributed by atoms with Crippen molar-refractivity contribution >= 4 is 11.8 Å². The van der Waals surface area contributed by atoms with Crippen LogP contribution in [0.2, 0.25) is 0 Å². The first-order chi connectivity index (χ1) is 3.80. The van der Waals surface area contributed by atoms with E-state index in [2.05, 4.69) is 0 Å². The van der Waals surface area contributed by atoms with Crippen LogP contribution in [-0.4, -0.2) is 17.0 Å². The normalized spacial score (nSPS) is 22.0. The Morgan fingerprint density at radius 1 is 1.88 bits per heavy atom. The number of nitrogens with zero attached hydrogens (tertiary/aromatic N) is 1. The molecule has 0 spiro atoms. The van der Waals surface area contributed by atoms with Crippen LogP contribution in [0.3, 0.4) is 0 Å². The molecule has 1 aliphatic heterocycles. The van der Waals surface area contributed by atoms with Crippen LogP contribution in [0.5, 0.6) is 0 Å². The van der Waals surface area contributed by atoms with E-state index in [1.54, 1.807) is 23.6 Å². The highest BCUT2D eigenvalue weighted by atomic mass is 32.2. The van der Waals surface area contributed by atoms with E-state index in [4.69, 9.17) is 0 Å². The average Bonchev–Trinajstić information content (AvgIpc) is 2.12. The zero-order valence-corrected chi connectivity index (χ0v) is 5.52. The fourth-order valence-electron chi connectivity index (χ4n) is 0.520. The first-order valence-corrected chi connectivity index (χ1v) is 3.55. The van der Waals surface area contributed by atoms with E-state index >= 15 is 0 Å². The van der Waals surface area contributed by atoms with E-state index in [-0.39, 0.29) is 0 Å². The molecular formula is C5H8NOS. The van der Waals surface area contributed by atoms with Crippen molar-refractivity contribution in [2.45, 2.75) is 13.2 Å². The maximum absolute atomic E-state index is 10.6. The van der Waals surface area contributed by atoms with Crippen molar-refractivity contribution in [3.8, 4) is 0 Å². The molecule has 1 heterocycles. The molecule has 0 amide bonds. The van der Waals surface area contributed by atoms with Gasteiger partial charge in [0, 0.05) is 6.20 Å². The van der Waals surface area contributed by atoms with Gasteiger partial charge in [-0.15, -0.1) is 11.8 Å². The Morgan fingerprint density at radius 2 is 2.62 bits per heavy atom. The van der Waals surface area contributed by atoms with Crippen molar-refractivity contribution in [3.05, 3.63) is 11.6 Å². The third-order valence-electron chi connectivity index (χ3n) is 1.04. The van der Waals surface area contributed by atoms with Crippen LogP contribution < -0.4 is 0 Å². The fraction of sp³-hybridized carbons (Fsp3) is 0.600. The van der Waals surface area contributed by atoms with Gasteiger partial charge in [-0.3, -0.25) is 0 Å². The van der Waals surface area contributed by atoms with Gasteiger partial charge in [-0.2, -0.15) is 0 Å². The second-order valence-electron chi connectivity index (χ2n) is 1.69. The molecule has 1 atom stereocenters. The summed E-state index contributed by atoms with van der Waals surface area (Å²) in [4.78, 5) is 1.75. The summed E-state index contributed by atoms with van der Waals surface area (Å²) < 4.78 is 0. The van der Waals surface area contributed by atoms with E-state index < -0.39 is 6.23 Å². The molecule has 1 aliphatic rings. The second kappa shape index (κ2) is 2.42. The van der Waals surface area contributed by atoms with Gasteiger partial charge in [0.1, 0.15) is 0 Å². The topological polar surface area (TPSA) is 23.1 Å². The summed E-state index contributed by atoms with van der Waals surface area (Å²) in [6.07, 6.45) is 1.25. The minimum absolute atomic E-state index is 0.582. The highest BCUT2D eigenvalue weighted by molar-refractivity contribution is 8.02. The molecule has 0 saturated heterocycles. The Kier molecular flexibility index (Phi) is 1.81. The minimum atomic E-state index is -0.582. The number of hydrogen-bond donors (Lipinski definition) is 0. The summed E-state index contributed by atoms with van der Waals surface area (Å²) in [5, 5.41) is 12.5. The van der Waals surface area contributed by atoms with Crippen LogP contribution in [0.4, 0.5) is 0 Å². The van der Waals surface area contributed by atoms with Crippen molar-refractivity contribution in [2.75, 3.05) is 5.88 Å². The van der Waals surface area contributed by atoms with Gasteiger partial charge in [-0.05, 0) is 12.3 Å². The summed E-state index contributed by atoms with van der Waals surface area (Å²) in [6, 6.07) is 0. The second-order valence-corrected chi connectivity index (χ2v) is 2.56. The Hall–Kier alpha value is -0.150. The lowest BCUT2D eigenvalue weighted by Crippen LogP contribution is -2.23. The number of thioether (sulfide) groups is 1. The highest BCUT2D eigenvalue weighted by Gasteiger charge is 2.09. The molecule has 0 fully saturated rings. The van der Waals surface area contributed by atoms with Crippen molar-refractivity contribution in [1.82, 2.24) is 4.90 Å². The summed E-state index contributed by atoms with van der Waals surface area (Å²) in [5.74, 6) is 0.824. The summed E-state index contributed by atoms with van der Waals surface area (Å²) in [5.41, 5.74) is 0. The van der Waals surface area contributed by atoms with Gasteiger partial charge in [-0.1, -0.05) is 0 Å². The van der Waals surface area contributed by atoms with Crippen LogP contribution in [0, 0.1) is 0 Å². The zero-order valence-electron chi connectivity index (χ0n) is 4.70. The van der Waals surface area contributed by atoms with Crippen molar-refractivity contribution in [2.24, 2.45) is 0 Å². The van der Waals surface area contributed by atoms with Crippen LogP contribution in [0.15, 0.2) is 11.6 Å². The molecule has 45 valence electrons. The Balaban J connectivity index is 2.36. The molecule has 0 aromatic rings. The van der Waals surface area contributed by atoms with Gasteiger partial charge < -0.3 is 4.90 Å². The smallest absolute Gasteiger partial charge is 0.162 e. The number of rotatable bonds is 1. The Morgan fingerprint density at radius 3 is 2.88 bits per heavy atom. The quantitative estimate of drug-likeness (QED) is 0.533. The maximum Gasteiger partial charge on any atom is 0.162 e. The first kappa shape index (κ1) is 5.98. The molecule has 1 unspecified atom stereocenters. The third-order valence-corrected chi connectivity index (χ3v) is 1.80. The van der Waals surface area contributed by atoms with Gasteiger partial charge in [0.2, 0.25) is 0 Å². The van der Waals surface area contributed by atoms with Crippen molar-refractivity contribution in [3.63, 3.8) is 0 Å². The third kappa shape index (κ3) is 1.17. The van der Waals surface area contributed by atoms with E-state index in [9.17, 15) is 5.11 Å². The lowest BCUT2D eigenvalue weighted by molar-refractivity contribution is 0.00494. The van der Waals surface area contributed by atoms with Gasteiger partial charge in [0.25, 0.3) is 0 Å². The molecule has 1 radical (unpaired) electrons. The molecule has 2 nitrogen and oxygen atoms in total. The van der Waals surface area contributed by atoms with Crippen LogP contribution in [0.25, 0.3) is 0 Å². The SMILES string of the molecule is CC([O])N1C=CSC1. The van der Waals surface area contributed by atoms with Crippen molar-refractivity contribution in [1.29, 1.82) is 0 Å². The standard InChI is InChI=1S/C5H8NOS/c1-5(7)6-2-3-8-4-6/h2-3,5H,4H2,1H3. The molecule has 0 aromatic heterocycles. The molecule has 0 saturated carbocycles. The molecule has 0 N–H and O–H groups in total. The van der Waals surface area contributed by atoms with Gasteiger partial charge in [-0.25, -0.2) is 5.11 Å². The molecule has 0 aliphatic carbocycles. The van der Waals surface area contributed by atoms with E-state index in [0.717, 1.165) is 5.88 Å². The largest absolute Gasteiger partial charge is 0.340 e. The highest BCUT2D eigenvalue weighted by Crippen LogP contribution is 2.16. The summed E-state index contributed by atoms with van der Waals surface area (Å²) in [7, 11) is 0. The Bertz CT molecular complexity index is 103. The van der Waals surface area contributed by atoms with E-state index in [1.807, 2.05) is 11.6 Å². The van der Waals surface area contributed by atoms with E-state index in [1.165, 1.54) is 0 Å². The van der Waals surface area contributed by atoms with E-state index in [0.29, 0.717) is 0 Å². The summed E-state index contributed by atoms with van der Waals surface area (Å²) in [6.45, 7) is 1.65. The number of hydrogen-bond acceptors (Lipinski definition) is 2. The van der Waals surface area contributed by atoms with Crippen LogP contribution in [-0.2, 0) is 5.11 Å². The minimum Gasteiger partial charge on any atom is -0.340 e. The molecule has 0 aromatic carbocycles. The molecular weight excluding hydrogens is 122 g/mol. The lowest BCUT2D eigenvalue weighted by atomic mass is 10.6. The molecule has 1 rings (SSSR count). The maximum atomic E-state index is 10.6. The lowest BCUT2D eigenvalue weighted by Gasteiger charge is -2.14. The zero-order chi connectivity index (χ0) is 5.98. The van der Waals surface area contributed by atoms with Gasteiger partial charge in [0.05, 0.1) is 5.88 Å². The predicted molar refractivity (Wildman–Crippen MR) is 33.6 cm³/mol. The monoisotopic (exact) mass is 130 g/mol. The molecule has 0 bridgehead atoms. The summed E-state index contributed by atoms with van der Waals surface area (Å²) >= 11 is 1.66. The van der Waals surface area contributed by atoms with Gasteiger partial charge >= 0.3 is 0 Å². The van der Waals surface area contributed by atoms with Crippen LogP contribution in [0.1, 0.15) is 6.92 Å². The predicted octanol–water partition coefficient (Wildman–Crippen LogP) is 1.24. The van der Waals surface area contributed by atoms with Crippen LogP contribution >= 0.6 is 11.8 Å².